The highest BCUT2D eigenvalue weighted by molar-refractivity contribution is 5.86. The van der Waals surface area contributed by atoms with Gasteiger partial charge in [-0.05, 0) is 24.3 Å². The number of carbonyl (C=O) groups excluding carboxylic acids is 1. The van der Waals surface area contributed by atoms with Crippen LogP contribution in [0.25, 0.3) is 11.0 Å². The van der Waals surface area contributed by atoms with Crippen molar-refractivity contribution < 1.29 is 23.4 Å². The molecule has 2 heterocycles. The number of hydrogen-bond donors (Lipinski definition) is 0. The lowest BCUT2D eigenvalue weighted by atomic mass is 9.88. The zero-order chi connectivity index (χ0) is 21.4. The summed E-state index contributed by atoms with van der Waals surface area (Å²) in [7, 11) is 1.54. The topological polar surface area (TPSA) is 75.0 Å². The maximum absolute atomic E-state index is 13.2. The standard InChI is InChI=1S/C25H18O6/c1-28-16-10-11-17-15(12-23(26)31-22(17)13-16)14-29-25(27)24-18-6-2-4-8-20(18)30-21-9-5-3-7-19(21)24/h2-13,24H,14H2,1H3. The molecule has 0 bridgehead atoms. The second kappa shape index (κ2) is 7.65. The average Bonchev–Trinajstić information content (AvgIpc) is 2.80. The first kappa shape index (κ1) is 18.9. The fraction of sp³-hybridized carbons (Fsp3) is 0.120. The first-order valence-electron chi connectivity index (χ1n) is 9.77. The van der Waals surface area contributed by atoms with Gasteiger partial charge in [-0.3, -0.25) is 4.79 Å². The van der Waals surface area contributed by atoms with Crippen LogP contribution >= 0.6 is 0 Å². The van der Waals surface area contributed by atoms with Gasteiger partial charge in [0, 0.05) is 34.2 Å². The predicted octanol–water partition coefficient (Wildman–Crippen LogP) is 4.78. The van der Waals surface area contributed by atoms with Crippen LogP contribution in [0.1, 0.15) is 22.6 Å². The summed E-state index contributed by atoms with van der Waals surface area (Å²) in [6.07, 6.45) is 0. The molecule has 154 valence electrons. The lowest BCUT2D eigenvalue weighted by Gasteiger charge is -2.26. The minimum Gasteiger partial charge on any atom is -0.497 e. The molecule has 6 nitrogen and oxygen atoms in total. The third-order valence-corrected chi connectivity index (χ3v) is 5.32. The Kier molecular flexibility index (Phi) is 4.67. The number of ether oxygens (including phenoxy) is 3. The van der Waals surface area contributed by atoms with Crippen molar-refractivity contribution in [1.82, 2.24) is 0 Å². The normalized spacial score (nSPS) is 12.5. The Hall–Kier alpha value is -4.06. The first-order valence-corrected chi connectivity index (χ1v) is 9.77. The highest BCUT2D eigenvalue weighted by atomic mass is 16.5. The first-order chi connectivity index (χ1) is 15.1. The van der Waals surface area contributed by atoms with Gasteiger partial charge in [0.15, 0.2) is 0 Å². The van der Waals surface area contributed by atoms with Crippen molar-refractivity contribution >= 4 is 16.9 Å². The Morgan fingerprint density at radius 1 is 0.935 bits per heavy atom. The molecule has 1 aromatic heterocycles. The Labute approximate surface area is 177 Å². The van der Waals surface area contributed by atoms with Crippen molar-refractivity contribution in [3.63, 3.8) is 0 Å². The highest BCUT2D eigenvalue weighted by Crippen LogP contribution is 2.44. The zero-order valence-corrected chi connectivity index (χ0v) is 16.7. The molecule has 0 atom stereocenters. The van der Waals surface area contributed by atoms with E-state index in [-0.39, 0.29) is 6.61 Å². The average molecular weight is 414 g/mol. The molecule has 0 saturated carbocycles. The SMILES string of the molecule is COc1ccc2c(COC(=O)C3c4ccccc4Oc4ccccc43)cc(=O)oc2c1. The molecule has 0 fully saturated rings. The van der Waals surface area contributed by atoms with E-state index < -0.39 is 17.5 Å². The van der Waals surface area contributed by atoms with Crippen molar-refractivity contribution in [1.29, 1.82) is 0 Å². The van der Waals surface area contributed by atoms with E-state index in [9.17, 15) is 9.59 Å². The van der Waals surface area contributed by atoms with E-state index in [0.717, 1.165) is 11.1 Å². The molecule has 5 rings (SSSR count). The van der Waals surface area contributed by atoms with Crippen LogP contribution in [-0.4, -0.2) is 13.1 Å². The lowest BCUT2D eigenvalue weighted by Crippen LogP contribution is -2.21. The summed E-state index contributed by atoms with van der Waals surface area (Å²) in [5, 5.41) is 0.681. The van der Waals surface area contributed by atoms with Gasteiger partial charge in [0.25, 0.3) is 0 Å². The van der Waals surface area contributed by atoms with Crippen molar-refractivity contribution in [2.24, 2.45) is 0 Å². The van der Waals surface area contributed by atoms with Gasteiger partial charge >= 0.3 is 11.6 Å². The van der Waals surface area contributed by atoms with Crippen molar-refractivity contribution in [2.45, 2.75) is 12.5 Å². The van der Waals surface area contributed by atoms with Gasteiger partial charge in [-0.15, -0.1) is 0 Å². The van der Waals surface area contributed by atoms with Gasteiger partial charge in [0.2, 0.25) is 0 Å². The number of fused-ring (bicyclic) bond motifs is 3. The minimum atomic E-state index is -0.618. The molecule has 0 N–H and O–H groups in total. The fourth-order valence-corrected chi connectivity index (χ4v) is 3.85. The monoisotopic (exact) mass is 414 g/mol. The van der Waals surface area contributed by atoms with Crippen LogP contribution in [0.4, 0.5) is 0 Å². The minimum absolute atomic E-state index is 0.0606. The molecule has 1 aliphatic rings. The Balaban J connectivity index is 1.48. The van der Waals surface area contributed by atoms with Crippen LogP contribution in [0.5, 0.6) is 17.2 Å². The molecule has 0 saturated heterocycles. The third kappa shape index (κ3) is 3.42. The van der Waals surface area contributed by atoms with Crippen molar-refractivity contribution in [3.8, 4) is 17.2 Å². The number of benzene rings is 3. The van der Waals surface area contributed by atoms with Crippen LogP contribution < -0.4 is 15.1 Å². The summed E-state index contributed by atoms with van der Waals surface area (Å²) in [6.45, 7) is -0.0606. The molecule has 1 aliphatic heterocycles. The van der Waals surface area contributed by atoms with E-state index in [1.807, 2.05) is 48.5 Å². The van der Waals surface area contributed by atoms with E-state index in [1.54, 1.807) is 18.2 Å². The number of rotatable bonds is 4. The van der Waals surface area contributed by atoms with Gasteiger partial charge in [-0.2, -0.15) is 0 Å². The molecule has 0 radical (unpaired) electrons. The van der Waals surface area contributed by atoms with Gasteiger partial charge in [-0.25, -0.2) is 4.79 Å². The second-order valence-electron chi connectivity index (χ2n) is 7.17. The third-order valence-electron chi connectivity index (χ3n) is 5.32. The van der Waals surface area contributed by atoms with Crippen LogP contribution in [-0.2, 0) is 16.1 Å². The summed E-state index contributed by atoms with van der Waals surface area (Å²) in [6, 6.07) is 21.3. The number of carbonyl (C=O) groups is 1. The molecule has 0 spiro atoms. The lowest BCUT2D eigenvalue weighted by molar-refractivity contribution is -0.145. The van der Waals surface area contributed by atoms with Gasteiger partial charge in [-0.1, -0.05) is 36.4 Å². The van der Waals surface area contributed by atoms with Crippen molar-refractivity contribution in [3.05, 3.63) is 99.9 Å². The van der Waals surface area contributed by atoms with E-state index >= 15 is 0 Å². The molecule has 0 amide bonds. The Bertz CT molecular complexity index is 1310. The fourth-order valence-electron chi connectivity index (χ4n) is 3.85. The highest BCUT2D eigenvalue weighted by Gasteiger charge is 2.33. The molecule has 4 aromatic rings. The van der Waals surface area contributed by atoms with E-state index in [4.69, 9.17) is 18.6 Å². The molecule has 0 aliphatic carbocycles. The number of hydrogen-bond acceptors (Lipinski definition) is 6. The Morgan fingerprint density at radius 2 is 1.61 bits per heavy atom. The summed E-state index contributed by atoms with van der Waals surface area (Å²) in [5.41, 5.74) is 1.91. The van der Waals surface area contributed by atoms with Gasteiger partial charge in [0.05, 0.1) is 7.11 Å². The molecule has 0 unspecified atom stereocenters. The predicted molar refractivity (Wildman–Crippen MR) is 114 cm³/mol. The summed E-state index contributed by atoms with van der Waals surface area (Å²) >= 11 is 0. The zero-order valence-electron chi connectivity index (χ0n) is 16.7. The summed E-state index contributed by atoms with van der Waals surface area (Å²) in [4.78, 5) is 25.2. The smallest absolute Gasteiger partial charge is 0.336 e. The number of esters is 1. The maximum atomic E-state index is 13.2. The molecule has 3 aromatic carbocycles. The van der Waals surface area contributed by atoms with Gasteiger partial charge in [0.1, 0.15) is 35.4 Å². The summed E-state index contributed by atoms with van der Waals surface area (Å²) < 4.78 is 22.1. The Morgan fingerprint density at radius 3 is 2.29 bits per heavy atom. The number of para-hydroxylation sites is 2. The van der Waals surface area contributed by atoms with Crippen LogP contribution in [0.2, 0.25) is 0 Å². The number of methoxy groups -OCH3 is 1. The van der Waals surface area contributed by atoms with Crippen LogP contribution in [0.3, 0.4) is 0 Å². The van der Waals surface area contributed by atoms with E-state index in [1.165, 1.54) is 13.2 Å². The quantitative estimate of drug-likeness (QED) is 0.353. The van der Waals surface area contributed by atoms with Crippen LogP contribution in [0, 0.1) is 0 Å². The summed E-state index contributed by atoms with van der Waals surface area (Å²) in [5.74, 6) is 0.785. The molecule has 6 heteroatoms. The van der Waals surface area contributed by atoms with E-state index in [2.05, 4.69) is 0 Å². The molecular weight excluding hydrogens is 396 g/mol. The van der Waals surface area contributed by atoms with Gasteiger partial charge < -0.3 is 18.6 Å². The largest absolute Gasteiger partial charge is 0.497 e. The van der Waals surface area contributed by atoms with E-state index in [0.29, 0.717) is 33.8 Å². The maximum Gasteiger partial charge on any atom is 0.336 e. The molecule has 31 heavy (non-hydrogen) atoms. The van der Waals surface area contributed by atoms with Crippen molar-refractivity contribution in [2.75, 3.05) is 7.11 Å². The van der Waals surface area contributed by atoms with Crippen LogP contribution in [0.15, 0.2) is 82.0 Å². The molecular formula is C25H18O6. The second-order valence-corrected chi connectivity index (χ2v) is 7.17.